The van der Waals surface area contributed by atoms with Crippen LogP contribution in [0.1, 0.15) is 22.6 Å². The third kappa shape index (κ3) is 3.79. The van der Waals surface area contributed by atoms with E-state index in [-0.39, 0.29) is 0 Å². The molecular formula is C21H22N6. The summed E-state index contributed by atoms with van der Waals surface area (Å²) < 4.78 is 1.79. The smallest absolute Gasteiger partial charge is 0.163 e. The number of rotatable bonds is 6. The molecule has 4 aromatic rings. The van der Waals surface area contributed by atoms with E-state index in [1.807, 2.05) is 31.6 Å². The minimum Gasteiger partial charge on any atom is -0.364 e. The molecule has 0 saturated heterocycles. The molecule has 1 N–H and O–H groups in total. The first-order chi connectivity index (χ1) is 13.2. The highest BCUT2D eigenvalue weighted by Crippen LogP contribution is 2.21. The summed E-state index contributed by atoms with van der Waals surface area (Å²) in [7, 11) is 1.91. The molecule has 0 saturated carbocycles. The lowest BCUT2D eigenvalue weighted by Gasteiger charge is -2.10. The Kier molecular flexibility index (Phi) is 4.78. The molecule has 0 aliphatic rings. The van der Waals surface area contributed by atoms with Crippen molar-refractivity contribution in [3.63, 3.8) is 0 Å². The van der Waals surface area contributed by atoms with Crippen molar-refractivity contribution < 1.29 is 0 Å². The number of anilines is 1. The minimum atomic E-state index is 0.617. The van der Waals surface area contributed by atoms with Crippen LogP contribution in [0.2, 0.25) is 0 Å². The van der Waals surface area contributed by atoms with Crippen molar-refractivity contribution in [3.8, 4) is 0 Å². The fourth-order valence-electron chi connectivity index (χ4n) is 3.09. The van der Waals surface area contributed by atoms with Crippen LogP contribution in [0.3, 0.4) is 0 Å². The van der Waals surface area contributed by atoms with Gasteiger partial charge >= 0.3 is 0 Å². The van der Waals surface area contributed by atoms with Crippen molar-refractivity contribution in [1.82, 2.24) is 24.7 Å². The Balaban J connectivity index is 1.60. The Morgan fingerprint density at radius 1 is 1.00 bits per heavy atom. The first kappa shape index (κ1) is 17.1. The van der Waals surface area contributed by atoms with E-state index in [1.165, 1.54) is 5.56 Å². The summed E-state index contributed by atoms with van der Waals surface area (Å²) in [5.41, 5.74) is 4.29. The van der Waals surface area contributed by atoms with Crippen molar-refractivity contribution in [2.45, 2.75) is 26.3 Å². The number of pyridine rings is 1. The van der Waals surface area contributed by atoms with Crippen molar-refractivity contribution >= 4 is 16.9 Å². The lowest BCUT2D eigenvalue weighted by Crippen LogP contribution is -2.08. The molecule has 0 unspecified atom stereocenters. The normalized spacial score (nSPS) is 11.0. The van der Waals surface area contributed by atoms with Gasteiger partial charge in [-0.2, -0.15) is 5.10 Å². The number of benzene rings is 1. The Morgan fingerprint density at radius 3 is 2.67 bits per heavy atom. The number of aryl methyl sites for hydroxylation is 4. The predicted octanol–water partition coefficient (Wildman–Crippen LogP) is 3.46. The highest BCUT2D eigenvalue weighted by Gasteiger charge is 2.12. The number of fused-ring (bicyclic) bond motifs is 1. The molecule has 6 heteroatoms. The van der Waals surface area contributed by atoms with Gasteiger partial charge in [0.25, 0.3) is 0 Å². The molecule has 136 valence electrons. The maximum Gasteiger partial charge on any atom is 0.163 e. The first-order valence-corrected chi connectivity index (χ1v) is 9.07. The van der Waals surface area contributed by atoms with Crippen LogP contribution in [0.4, 0.5) is 5.82 Å². The summed E-state index contributed by atoms with van der Waals surface area (Å²) in [5, 5.41) is 8.70. The third-order valence-electron chi connectivity index (χ3n) is 4.66. The number of nitrogens with one attached hydrogen (secondary N) is 1. The van der Waals surface area contributed by atoms with Crippen LogP contribution in [0, 0.1) is 6.92 Å². The summed E-state index contributed by atoms with van der Waals surface area (Å²) in [5.74, 6) is 1.62. The van der Waals surface area contributed by atoms with Gasteiger partial charge in [0.2, 0.25) is 0 Å². The maximum atomic E-state index is 4.77. The largest absolute Gasteiger partial charge is 0.364 e. The standard InChI is InChI=1S/C21H22N6/c1-15-7-6-12-22-18(15)14-23-20-17-13-24-27(2)21(17)26-19(25-20)11-10-16-8-4-3-5-9-16/h3-9,12-13H,10-11,14H2,1-2H3,(H,23,25,26). The second-order valence-corrected chi connectivity index (χ2v) is 6.60. The fraction of sp³-hybridized carbons (Fsp3) is 0.238. The second kappa shape index (κ2) is 7.53. The summed E-state index contributed by atoms with van der Waals surface area (Å²) in [6.45, 7) is 2.68. The molecule has 0 bridgehead atoms. The highest BCUT2D eigenvalue weighted by atomic mass is 15.3. The van der Waals surface area contributed by atoms with E-state index in [4.69, 9.17) is 9.97 Å². The first-order valence-electron chi connectivity index (χ1n) is 9.07. The number of nitrogens with zero attached hydrogens (tertiary/aromatic N) is 5. The van der Waals surface area contributed by atoms with Crippen molar-refractivity contribution in [2.75, 3.05) is 5.32 Å². The molecule has 0 aliphatic carbocycles. The average Bonchev–Trinajstić information content (AvgIpc) is 3.07. The zero-order valence-corrected chi connectivity index (χ0v) is 15.6. The van der Waals surface area contributed by atoms with E-state index < -0.39 is 0 Å². The van der Waals surface area contributed by atoms with Gasteiger partial charge in [0, 0.05) is 19.7 Å². The Hall–Kier alpha value is -3.28. The lowest BCUT2D eigenvalue weighted by molar-refractivity contribution is 0.775. The van der Waals surface area contributed by atoms with E-state index in [0.717, 1.165) is 46.8 Å². The molecular weight excluding hydrogens is 336 g/mol. The highest BCUT2D eigenvalue weighted by molar-refractivity contribution is 5.86. The van der Waals surface area contributed by atoms with Gasteiger partial charge in [-0.3, -0.25) is 9.67 Å². The van der Waals surface area contributed by atoms with Gasteiger partial charge in [-0.15, -0.1) is 0 Å². The molecule has 27 heavy (non-hydrogen) atoms. The van der Waals surface area contributed by atoms with Crippen LogP contribution in [-0.4, -0.2) is 24.7 Å². The molecule has 0 atom stereocenters. The van der Waals surface area contributed by atoms with Gasteiger partial charge in [-0.1, -0.05) is 36.4 Å². The quantitative estimate of drug-likeness (QED) is 0.572. The molecule has 0 aliphatic heterocycles. The van der Waals surface area contributed by atoms with Gasteiger partial charge in [0.05, 0.1) is 23.8 Å². The van der Waals surface area contributed by atoms with E-state index in [1.54, 1.807) is 4.68 Å². The maximum absolute atomic E-state index is 4.77. The van der Waals surface area contributed by atoms with Crippen LogP contribution >= 0.6 is 0 Å². The molecule has 0 spiro atoms. The Bertz CT molecular complexity index is 1050. The predicted molar refractivity (Wildman–Crippen MR) is 106 cm³/mol. The molecule has 0 radical (unpaired) electrons. The number of hydrogen-bond acceptors (Lipinski definition) is 5. The second-order valence-electron chi connectivity index (χ2n) is 6.60. The minimum absolute atomic E-state index is 0.617. The molecule has 4 rings (SSSR count). The van der Waals surface area contributed by atoms with Crippen LogP contribution < -0.4 is 5.32 Å². The Labute approximate surface area is 158 Å². The van der Waals surface area contributed by atoms with Gasteiger partial charge in [-0.25, -0.2) is 9.97 Å². The molecule has 3 aromatic heterocycles. The van der Waals surface area contributed by atoms with Crippen molar-refractivity contribution in [2.24, 2.45) is 7.05 Å². The SMILES string of the molecule is Cc1cccnc1CNc1nc(CCc2ccccc2)nc2c1cnn2C. The monoisotopic (exact) mass is 358 g/mol. The molecule has 0 fully saturated rings. The lowest BCUT2D eigenvalue weighted by atomic mass is 10.1. The summed E-state index contributed by atoms with van der Waals surface area (Å²) in [6, 6.07) is 14.4. The van der Waals surface area contributed by atoms with Crippen molar-refractivity contribution in [3.05, 3.63) is 77.5 Å². The van der Waals surface area contributed by atoms with Gasteiger partial charge < -0.3 is 5.32 Å². The zero-order valence-electron chi connectivity index (χ0n) is 15.6. The van der Waals surface area contributed by atoms with Crippen LogP contribution in [0.15, 0.2) is 54.9 Å². The van der Waals surface area contributed by atoms with E-state index in [0.29, 0.717) is 6.54 Å². The topological polar surface area (TPSA) is 68.5 Å². The van der Waals surface area contributed by atoms with Crippen LogP contribution in [-0.2, 0) is 26.4 Å². The molecule has 6 nitrogen and oxygen atoms in total. The van der Waals surface area contributed by atoms with Gasteiger partial charge in [0.1, 0.15) is 11.6 Å². The van der Waals surface area contributed by atoms with Crippen LogP contribution in [0.25, 0.3) is 11.0 Å². The fourth-order valence-corrected chi connectivity index (χ4v) is 3.09. The van der Waals surface area contributed by atoms with Gasteiger partial charge in [-0.05, 0) is 30.5 Å². The summed E-state index contributed by atoms with van der Waals surface area (Å²) in [6.07, 6.45) is 5.31. The molecule has 0 amide bonds. The van der Waals surface area contributed by atoms with Gasteiger partial charge in [0.15, 0.2) is 5.65 Å². The molecule has 3 heterocycles. The third-order valence-corrected chi connectivity index (χ3v) is 4.66. The average molecular weight is 358 g/mol. The van der Waals surface area contributed by atoms with E-state index >= 15 is 0 Å². The summed E-state index contributed by atoms with van der Waals surface area (Å²) in [4.78, 5) is 13.9. The van der Waals surface area contributed by atoms with Crippen LogP contribution in [0.5, 0.6) is 0 Å². The van der Waals surface area contributed by atoms with E-state index in [2.05, 4.69) is 52.7 Å². The zero-order chi connectivity index (χ0) is 18.6. The Morgan fingerprint density at radius 2 is 1.85 bits per heavy atom. The number of aromatic nitrogens is 5. The molecule has 1 aromatic carbocycles. The summed E-state index contributed by atoms with van der Waals surface area (Å²) >= 11 is 0. The van der Waals surface area contributed by atoms with E-state index in [9.17, 15) is 0 Å². The van der Waals surface area contributed by atoms with Crippen molar-refractivity contribution in [1.29, 1.82) is 0 Å². The number of hydrogen-bond donors (Lipinski definition) is 1.